The van der Waals surface area contributed by atoms with E-state index >= 15 is 0 Å². The first kappa shape index (κ1) is 14.8. The van der Waals surface area contributed by atoms with Crippen LogP contribution in [0.3, 0.4) is 0 Å². The Bertz CT molecular complexity index is 372. The molecular formula is C13H19ClN2O2. The molecule has 1 aromatic rings. The molecular weight excluding hydrogens is 252 g/mol. The van der Waals surface area contributed by atoms with Crippen molar-refractivity contribution in [3.8, 4) is 0 Å². The fraction of sp³-hybridized carbons (Fsp3) is 0.462. The van der Waals surface area contributed by atoms with Gasteiger partial charge in [0, 0.05) is 24.7 Å². The SMILES string of the molecule is O=C(NCCCl)Nc1cccc(CCCCO)c1. The molecule has 0 aliphatic heterocycles. The van der Waals surface area contributed by atoms with Crippen molar-refractivity contribution in [1.82, 2.24) is 5.32 Å². The van der Waals surface area contributed by atoms with E-state index in [1.165, 1.54) is 0 Å². The zero-order valence-electron chi connectivity index (χ0n) is 10.3. The molecule has 0 aliphatic rings. The second-order valence-corrected chi connectivity index (χ2v) is 4.33. The van der Waals surface area contributed by atoms with Crippen LogP contribution in [0.15, 0.2) is 24.3 Å². The quantitative estimate of drug-likeness (QED) is 0.526. The van der Waals surface area contributed by atoms with Crippen LogP contribution in [-0.2, 0) is 6.42 Å². The maximum atomic E-state index is 11.4. The van der Waals surface area contributed by atoms with E-state index in [0.29, 0.717) is 12.4 Å². The summed E-state index contributed by atoms with van der Waals surface area (Å²) in [5.74, 6) is 0.397. The highest BCUT2D eigenvalue weighted by Gasteiger charge is 2.01. The summed E-state index contributed by atoms with van der Waals surface area (Å²) in [6.45, 7) is 0.669. The van der Waals surface area contributed by atoms with Crippen LogP contribution in [-0.4, -0.2) is 30.2 Å². The van der Waals surface area contributed by atoms with Crippen molar-refractivity contribution in [2.75, 3.05) is 24.3 Å². The normalized spacial score (nSPS) is 10.1. The van der Waals surface area contributed by atoms with Crippen molar-refractivity contribution in [3.05, 3.63) is 29.8 Å². The number of urea groups is 1. The average molecular weight is 271 g/mol. The Labute approximate surface area is 112 Å². The van der Waals surface area contributed by atoms with Gasteiger partial charge in [-0.05, 0) is 37.0 Å². The molecule has 1 rings (SSSR count). The van der Waals surface area contributed by atoms with Gasteiger partial charge in [0.15, 0.2) is 0 Å². The fourth-order valence-electron chi connectivity index (χ4n) is 1.58. The molecule has 0 saturated carbocycles. The largest absolute Gasteiger partial charge is 0.396 e. The molecule has 18 heavy (non-hydrogen) atoms. The van der Waals surface area contributed by atoms with E-state index in [4.69, 9.17) is 16.7 Å². The average Bonchev–Trinajstić information content (AvgIpc) is 2.37. The fourth-order valence-corrected chi connectivity index (χ4v) is 1.68. The Morgan fingerprint density at radius 1 is 1.33 bits per heavy atom. The number of hydrogen-bond donors (Lipinski definition) is 3. The molecule has 100 valence electrons. The minimum absolute atomic E-state index is 0.221. The predicted octanol–water partition coefficient (Wildman–Crippen LogP) is 2.36. The summed E-state index contributed by atoms with van der Waals surface area (Å²) in [4.78, 5) is 11.4. The van der Waals surface area contributed by atoms with Crippen LogP contribution in [0.4, 0.5) is 10.5 Å². The molecule has 3 N–H and O–H groups in total. The number of rotatable bonds is 7. The summed E-state index contributed by atoms with van der Waals surface area (Å²) >= 11 is 5.48. The molecule has 0 atom stereocenters. The standard InChI is InChI=1S/C13H19ClN2O2/c14-7-8-15-13(18)16-12-6-3-5-11(10-12)4-1-2-9-17/h3,5-6,10,17H,1-2,4,7-9H2,(H2,15,16,18). The Kier molecular flexibility index (Phi) is 7.22. The van der Waals surface area contributed by atoms with Gasteiger partial charge in [-0.3, -0.25) is 0 Å². The molecule has 0 heterocycles. The summed E-state index contributed by atoms with van der Waals surface area (Å²) in [5.41, 5.74) is 1.92. The molecule has 0 spiro atoms. The van der Waals surface area contributed by atoms with Crippen LogP contribution in [0.1, 0.15) is 18.4 Å². The molecule has 0 saturated heterocycles. The number of halogens is 1. The summed E-state index contributed by atoms with van der Waals surface area (Å²) in [6.07, 6.45) is 2.64. The van der Waals surface area contributed by atoms with Crippen molar-refractivity contribution in [2.45, 2.75) is 19.3 Å². The molecule has 0 fully saturated rings. The minimum Gasteiger partial charge on any atom is -0.396 e. The lowest BCUT2D eigenvalue weighted by Gasteiger charge is -2.08. The van der Waals surface area contributed by atoms with Gasteiger partial charge in [-0.2, -0.15) is 0 Å². The van der Waals surface area contributed by atoms with E-state index in [1.807, 2.05) is 24.3 Å². The third-order valence-corrected chi connectivity index (χ3v) is 2.63. The van der Waals surface area contributed by atoms with E-state index in [9.17, 15) is 4.79 Å². The number of benzene rings is 1. The Morgan fingerprint density at radius 3 is 2.89 bits per heavy atom. The maximum absolute atomic E-state index is 11.4. The number of carbonyl (C=O) groups is 1. The smallest absolute Gasteiger partial charge is 0.319 e. The first-order chi connectivity index (χ1) is 8.76. The lowest BCUT2D eigenvalue weighted by atomic mass is 10.1. The second kappa shape index (κ2) is 8.78. The molecule has 1 aromatic carbocycles. The highest BCUT2D eigenvalue weighted by Crippen LogP contribution is 2.12. The zero-order chi connectivity index (χ0) is 13.2. The third-order valence-electron chi connectivity index (χ3n) is 2.44. The number of amides is 2. The van der Waals surface area contributed by atoms with Crippen molar-refractivity contribution >= 4 is 23.3 Å². The van der Waals surface area contributed by atoms with Crippen molar-refractivity contribution in [2.24, 2.45) is 0 Å². The van der Waals surface area contributed by atoms with Gasteiger partial charge < -0.3 is 15.7 Å². The van der Waals surface area contributed by atoms with Crippen LogP contribution in [0.5, 0.6) is 0 Å². The Balaban J connectivity index is 2.45. The van der Waals surface area contributed by atoms with Crippen molar-refractivity contribution < 1.29 is 9.90 Å². The van der Waals surface area contributed by atoms with E-state index in [-0.39, 0.29) is 12.6 Å². The van der Waals surface area contributed by atoms with Gasteiger partial charge in [0.1, 0.15) is 0 Å². The van der Waals surface area contributed by atoms with Gasteiger partial charge in [0.05, 0.1) is 0 Å². The summed E-state index contributed by atoms with van der Waals surface area (Å²) in [7, 11) is 0. The Morgan fingerprint density at radius 2 is 2.17 bits per heavy atom. The number of carbonyl (C=O) groups excluding carboxylic acids is 1. The van der Waals surface area contributed by atoms with Crippen molar-refractivity contribution in [1.29, 1.82) is 0 Å². The van der Waals surface area contributed by atoms with Crippen LogP contribution < -0.4 is 10.6 Å². The zero-order valence-corrected chi connectivity index (χ0v) is 11.0. The maximum Gasteiger partial charge on any atom is 0.319 e. The monoisotopic (exact) mass is 270 g/mol. The first-order valence-electron chi connectivity index (χ1n) is 6.07. The van der Waals surface area contributed by atoms with Crippen molar-refractivity contribution in [3.63, 3.8) is 0 Å². The molecule has 0 unspecified atom stereocenters. The van der Waals surface area contributed by atoms with Crippen LogP contribution in [0.25, 0.3) is 0 Å². The molecule has 2 amide bonds. The van der Waals surface area contributed by atoms with Gasteiger partial charge >= 0.3 is 6.03 Å². The van der Waals surface area contributed by atoms with E-state index in [0.717, 1.165) is 30.5 Å². The number of hydrogen-bond acceptors (Lipinski definition) is 2. The van der Waals surface area contributed by atoms with Gasteiger partial charge in [0.25, 0.3) is 0 Å². The lowest BCUT2D eigenvalue weighted by Crippen LogP contribution is -2.30. The summed E-state index contributed by atoms with van der Waals surface area (Å²) in [5, 5.41) is 14.1. The third kappa shape index (κ3) is 5.89. The van der Waals surface area contributed by atoms with Crippen LogP contribution >= 0.6 is 11.6 Å². The van der Waals surface area contributed by atoms with Gasteiger partial charge in [-0.1, -0.05) is 12.1 Å². The van der Waals surface area contributed by atoms with Gasteiger partial charge in [-0.25, -0.2) is 4.79 Å². The molecule has 4 nitrogen and oxygen atoms in total. The number of anilines is 1. The summed E-state index contributed by atoms with van der Waals surface area (Å²) < 4.78 is 0. The van der Waals surface area contributed by atoms with Gasteiger partial charge in [0.2, 0.25) is 0 Å². The number of alkyl halides is 1. The van der Waals surface area contributed by atoms with E-state index in [1.54, 1.807) is 0 Å². The molecule has 0 aliphatic carbocycles. The van der Waals surface area contributed by atoms with Crippen LogP contribution in [0.2, 0.25) is 0 Å². The summed E-state index contributed by atoms with van der Waals surface area (Å²) in [6, 6.07) is 7.46. The van der Waals surface area contributed by atoms with E-state index < -0.39 is 0 Å². The molecule has 0 aromatic heterocycles. The Hall–Kier alpha value is -1.26. The van der Waals surface area contributed by atoms with E-state index in [2.05, 4.69) is 10.6 Å². The number of unbranched alkanes of at least 4 members (excludes halogenated alkanes) is 1. The van der Waals surface area contributed by atoms with Gasteiger partial charge in [-0.15, -0.1) is 11.6 Å². The highest BCUT2D eigenvalue weighted by atomic mass is 35.5. The lowest BCUT2D eigenvalue weighted by molar-refractivity contribution is 0.252. The predicted molar refractivity (Wildman–Crippen MR) is 74.2 cm³/mol. The number of aliphatic hydroxyl groups is 1. The number of nitrogens with one attached hydrogen (secondary N) is 2. The number of aryl methyl sites for hydroxylation is 1. The van der Waals surface area contributed by atoms with Crippen LogP contribution in [0, 0.1) is 0 Å². The topological polar surface area (TPSA) is 61.4 Å². The second-order valence-electron chi connectivity index (χ2n) is 3.95. The first-order valence-corrected chi connectivity index (χ1v) is 6.60. The molecule has 0 radical (unpaired) electrons. The number of aliphatic hydroxyl groups excluding tert-OH is 1. The highest BCUT2D eigenvalue weighted by molar-refractivity contribution is 6.18. The minimum atomic E-state index is -0.247. The molecule has 5 heteroatoms. The molecule has 0 bridgehead atoms.